The Balaban J connectivity index is 1.60. The monoisotopic (exact) mass is 539 g/mol. The van der Waals surface area contributed by atoms with Crippen LogP contribution in [0.1, 0.15) is 46.8 Å². The molecule has 0 saturated heterocycles. The number of carbonyl (C=O) groups excluding carboxylic acids is 2. The van der Waals surface area contributed by atoms with Crippen LogP contribution in [0.2, 0.25) is 5.02 Å². The summed E-state index contributed by atoms with van der Waals surface area (Å²) in [6, 6.07) is 8.98. The number of nitro groups is 1. The first-order valence-corrected chi connectivity index (χ1v) is 12.7. The van der Waals surface area contributed by atoms with Gasteiger partial charge in [0.2, 0.25) is 0 Å². The number of nitrogens with zero attached hydrogens (tertiary/aromatic N) is 2. The lowest BCUT2D eigenvalue weighted by atomic mass is 9.88. The number of esters is 1. The lowest BCUT2D eigenvalue weighted by molar-refractivity contribution is -0.384. The predicted octanol–water partition coefficient (Wildman–Crippen LogP) is 6.42. The van der Waals surface area contributed by atoms with Crippen molar-refractivity contribution in [1.29, 1.82) is 5.26 Å². The molecule has 0 saturated carbocycles. The summed E-state index contributed by atoms with van der Waals surface area (Å²) in [5.74, 6) is -0.194. The molecule has 2 aromatic heterocycles. The van der Waals surface area contributed by atoms with E-state index in [-0.39, 0.29) is 28.7 Å². The van der Waals surface area contributed by atoms with Gasteiger partial charge in [0.1, 0.15) is 28.2 Å². The van der Waals surface area contributed by atoms with E-state index in [1.54, 1.807) is 19.1 Å². The fourth-order valence-electron chi connectivity index (χ4n) is 4.11. The van der Waals surface area contributed by atoms with E-state index in [4.69, 9.17) is 20.8 Å². The lowest BCUT2D eigenvalue weighted by Gasteiger charge is -2.18. The molecule has 0 bridgehead atoms. The molecule has 1 atom stereocenters. The fourth-order valence-corrected chi connectivity index (χ4v) is 5.77. The second kappa shape index (κ2) is 11.0. The van der Waals surface area contributed by atoms with E-state index in [0.717, 1.165) is 29.7 Å². The SMILES string of the molecule is CCOC(=O)c1c(NC(=O)/C(C#N)=C/c2ccc(-c3ccc([N+](=O)[O-])cc3Cl)o2)sc2c1CC[C@@H](C)C2. The molecule has 11 heteroatoms. The molecular weight excluding hydrogens is 518 g/mol. The van der Waals surface area contributed by atoms with Crippen molar-refractivity contribution in [3.63, 3.8) is 0 Å². The number of nitrogens with one attached hydrogen (secondary N) is 1. The summed E-state index contributed by atoms with van der Waals surface area (Å²) >= 11 is 7.51. The molecule has 2 heterocycles. The second-order valence-electron chi connectivity index (χ2n) is 8.52. The summed E-state index contributed by atoms with van der Waals surface area (Å²) in [6.45, 7) is 4.06. The molecule has 1 aliphatic rings. The molecule has 0 radical (unpaired) electrons. The highest BCUT2D eigenvalue weighted by atomic mass is 35.5. The highest BCUT2D eigenvalue weighted by Crippen LogP contribution is 2.40. The fraction of sp³-hybridized carbons (Fsp3) is 0.269. The molecule has 0 fully saturated rings. The van der Waals surface area contributed by atoms with Crippen LogP contribution in [0.15, 0.2) is 40.3 Å². The summed E-state index contributed by atoms with van der Waals surface area (Å²) in [5.41, 5.74) is 1.29. The maximum atomic E-state index is 13.0. The summed E-state index contributed by atoms with van der Waals surface area (Å²) in [7, 11) is 0. The van der Waals surface area contributed by atoms with Crippen LogP contribution in [0.4, 0.5) is 10.7 Å². The molecule has 1 aliphatic carbocycles. The number of ether oxygens (including phenoxy) is 1. The Bertz CT molecular complexity index is 1470. The van der Waals surface area contributed by atoms with Gasteiger partial charge < -0.3 is 14.5 Å². The Labute approximate surface area is 221 Å². The van der Waals surface area contributed by atoms with Gasteiger partial charge in [-0.1, -0.05) is 18.5 Å². The molecule has 1 amide bonds. The number of thiophene rings is 1. The van der Waals surface area contributed by atoms with E-state index in [9.17, 15) is 25.0 Å². The normalized spacial score (nSPS) is 15.0. The third-order valence-corrected chi connectivity index (χ3v) is 7.41. The molecule has 9 nitrogen and oxygen atoms in total. The summed E-state index contributed by atoms with van der Waals surface area (Å²) in [6.07, 6.45) is 3.74. The number of hydrogen-bond donors (Lipinski definition) is 1. The van der Waals surface area contributed by atoms with E-state index in [0.29, 0.717) is 27.8 Å². The summed E-state index contributed by atoms with van der Waals surface area (Å²) < 4.78 is 11.0. The van der Waals surface area contributed by atoms with Crippen molar-refractivity contribution in [2.45, 2.75) is 33.1 Å². The standard InChI is InChI=1S/C26H22ClN3O6S/c1-3-35-26(32)23-19-7-4-14(2)10-22(19)37-25(23)29-24(31)15(13-28)11-17-6-9-21(36-17)18-8-5-16(30(33)34)12-20(18)27/h5-6,8-9,11-12,14H,3-4,7,10H2,1-2H3,(H,29,31)/b15-11+/t14-/m1/s1. The second-order valence-corrected chi connectivity index (χ2v) is 10.0. The quantitative estimate of drug-likeness (QED) is 0.120. The summed E-state index contributed by atoms with van der Waals surface area (Å²) in [4.78, 5) is 37.1. The van der Waals surface area contributed by atoms with Crippen molar-refractivity contribution >= 4 is 51.6 Å². The number of rotatable bonds is 7. The van der Waals surface area contributed by atoms with Gasteiger partial charge in [-0.05, 0) is 55.9 Å². The average molecular weight is 540 g/mol. The van der Waals surface area contributed by atoms with Crippen LogP contribution in [-0.4, -0.2) is 23.4 Å². The first-order valence-electron chi connectivity index (χ1n) is 11.5. The van der Waals surface area contributed by atoms with Gasteiger partial charge in [0.05, 0.1) is 22.1 Å². The van der Waals surface area contributed by atoms with Gasteiger partial charge in [-0.25, -0.2) is 4.79 Å². The maximum Gasteiger partial charge on any atom is 0.341 e. The Morgan fingerprint density at radius 1 is 1.38 bits per heavy atom. The number of hydrogen-bond acceptors (Lipinski definition) is 8. The molecule has 0 unspecified atom stereocenters. The zero-order valence-corrected chi connectivity index (χ0v) is 21.6. The van der Waals surface area contributed by atoms with Crippen LogP contribution in [0, 0.1) is 27.4 Å². The largest absolute Gasteiger partial charge is 0.462 e. The van der Waals surface area contributed by atoms with E-state index in [2.05, 4.69) is 12.2 Å². The van der Waals surface area contributed by atoms with Crippen molar-refractivity contribution in [2.24, 2.45) is 5.92 Å². The van der Waals surface area contributed by atoms with E-state index >= 15 is 0 Å². The number of carbonyl (C=O) groups is 2. The molecule has 4 rings (SSSR count). The number of non-ortho nitro benzene ring substituents is 1. The van der Waals surface area contributed by atoms with Crippen LogP contribution in [0.5, 0.6) is 0 Å². The van der Waals surface area contributed by atoms with Gasteiger partial charge in [0, 0.05) is 28.6 Å². The lowest BCUT2D eigenvalue weighted by Crippen LogP contribution is -2.17. The number of anilines is 1. The zero-order chi connectivity index (χ0) is 26.7. The third-order valence-electron chi connectivity index (χ3n) is 5.93. The van der Waals surface area contributed by atoms with Crippen LogP contribution in [0.3, 0.4) is 0 Å². The minimum atomic E-state index is -0.689. The van der Waals surface area contributed by atoms with Crippen molar-refractivity contribution < 1.29 is 23.7 Å². The number of nitriles is 1. The van der Waals surface area contributed by atoms with Crippen molar-refractivity contribution in [1.82, 2.24) is 0 Å². The molecule has 190 valence electrons. The first-order chi connectivity index (χ1) is 17.7. The smallest absolute Gasteiger partial charge is 0.341 e. The van der Waals surface area contributed by atoms with Gasteiger partial charge in [-0.3, -0.25) is 14.9 Å². The van der Waals surface area contributed by atoms with Crippen molar-refractivity contribution in [3.8, 4) is 17.4 Å². The molecule has 0 aliphatic heterocycles. The number of furan rings is 1. The van der Waals surface area contributed by atoms with Gasteiger partial charge in [0.15, 0.2) is 0 Å². The zero-order valence-electron chi connectivity index (χ0n) is 20.0. The van der Waals surface area contributed by atoms with Crippen LogP contribution in [0.25, 0.3) is 17.4 Å². The van der Waals surface area contributed by atoms with Gasteiger partial charge in [-0.2, -0.15) is 5.26 Å². The van der Waals surface area contributed by atoms with Crippen molar-refractivity contribution in [3.05, 3.63) is 72.8 Å². The molecular formula is C26H22ClN3O6S. The Morgan fingerprint density at radius 3 is 2.84 bits per heavy atom. The highest BCUT2D eigenvalue weighted by Gasteiger charge is 2.29. The topological polar surface area (TPSA) is 135 Å². The highest BCUT2D eigenvalue weighted by molar-refractivity contribution is 7.17. The van der Waals surface area contributed by atoms with Gasteiger partial charge >= 0.3 is 5.97 Å². The first kappa shape index (κ1) is 26.1. The maximum absolute atomic E-state index is 13.0. The van der Waals surface area contributed by atoms with Gasteiger partial charge in [-0.15, -0.1) is 11.3 Å². The molecule has 1 aromatic carbocycles. The third kappa shape index (κ3) is 5.58. The number of amides is 1. The van der Waals surface area contributed by atoms with Crippen LogP contribution < -0.4 is 5.32 Å². The average Bonchev–Trinajstić information content (AvgIpc) is 3.46. The number of benzene rings is 1. The molecule has 0 spiro atoms. The minimum Gasteiger partial charge on any atom is -0.462 e. The summed E-state index contributed by atoms with van der Waals surface area (Å²) in [5, 5.41) is 23.8. The molecule has 3 aromatic rings. The van der Waals surface area contributed by atoms with Gasteiger partial charge in [0.25, 0.3) is 11.6 Å². The molecule has 37 heavy (non-hydrogen) atoms. The Morgan fingerprint density at radius 2 is 2.16 bits per heavy atom. The van der Waals surface area contributed by atoms with Crippen molar-refractivity contribution in [2.75, 3.05) is 11.9 Å². The van der Waals surface area contributed by atoms with E-state index < -0.39 is 16.8 Å². The number of halogens is 1. The predicted molar refractivity (Wildman–Crippen MR) is 139 cm³/mol. The van der Waals surface area contributed by atoms with E-state index in [1.807, 2.05) is 6.07 Å². The Kier molecular flexibility index (Phi) is 7.76. The van der Waals surface area contributed by atoms with Crippen LogP contribution in [-0.2, 0) is 22.4 Å². The van der Waals surface area contributed by atoms with E-state index in [1.165, 1.54) is 35.6 Å². The van der Waals surface area contributed by atoms with Crippen LogP contribution >= 0.6 is 22.9 Å². The minimum absolute atomic E-state index is 0.125. The molecule has 1 N–H and O–H groups in total. The number of nitro benzene ring substituents is 1. The Hall–Kier alpha value is -3.94. The number of fused-ring (bicyclic) bond motifs is 1.